The van der Waals surface area contributed by atoms with Crippen LogP contribution in [0.25, 0.3) is 22.5 Å². The Morgan fingerprint density at radius 1 is 1.02 bits per heavy atom. The third-order valence-electron chi connectivity index (χ3n) is 6.97. The molecule has 1 aliphatic heterocycles. The van der Waals surface area contributed by atoms with Gasteiger partial charge in [0.05, 0.1) is 18.9 Å². The number of aryl methyl sites for hydroxylation is 1. The summed E-state index contributed by atoms with van der Waals surface area (Å²) in [5.74, 6) is 0.528. The van der Waals surface area contributed by atoms with E-state index in [4.69, 9.17) is 14.8 Å². The summed E-state index contributed by atoms with van der Waals surface area (Å²) in [4.78, 5) is 23.8. The molecule has 1 saturated heterocycles. The summed E-state index contributed by atoms with van der Waals surface area (Å²) in [6, 6.07) is 17.8. The minimum Gasteiger partial charge on any atom is -0.379 e. The summed E-state index contributed by atoms with van der Waals surface area (Å²) in [5, 5.41) is 13.9. The van der Waals surface area contributed by atoms with Gasteiger partial charge in [0.25, 0.3) is 0 Å². The highest BCUT2D eigenvalue weighted by Crippen LogP contribution is 2.31. The van der Waals surface area contributed by atoms with E-state index in [2.05, 4.69) is 51.0 Å². The molecule has 41 heavy (non-hydrogen) atoms. The Bertz CT molecular complexity index is 1430. The predicted octanol–water partition coefficient (Wildman–Crippen LogP) is 5.18. The number of rotatable bonds is 11. The van der Waals surface area contributed by atoms with Gasteiger partial charge in [0.15, 0.2) is 0 Å². The zero-order valence-electron chi connectivity index (χ0n) is 23.8. The smallest absolute Gasteiger partial charge is 0.319 e. The highest BCUT2D eigenvalue weighted by molar-refractivity contribution is 5.89. The Morgan fingerprint density at radius 2 is 1.85 bits per heavy atom. The molecule has 10 nitrogen and oxygen atoms in total. The maximum Gasteiger partial charge on any atom is 0.319 e. The Morgan fingerprint density at radius 3 is 2.63 bits per heavy atom. The van der Waals surface area contributed by atoms with E-state index < -0.39 is 0 Å². The summed E-state index contributed by atoms with van der Waals surface area (Å²) < 4.78 is 7.37. The van der Waals surface area contributed by atoms with E-state index >= 15 is 0 Å². The minimum atomic E-state index is -0.209. The number of carbonyl (C=O) groups excluding carboxylic acids is 1. The van der Waals surface area contributed by atoms with Crippen LogP contribution in [0.2, 0.25) is 0 Å². The number of carbonyl (C=O) groups is 1. The number of nitrogens with one attached hydrogen (secondary N) is 3. The molecule has 10 heteroatoms. The van der Waals surface area contributed by atoms with Crippen molar-refractivity contribution < 1.29 is 9.53 Å². The fraction of sp³-hybridized carbons (Fsp3) is 0.355. The number of ether oxygens (including phenoxy) is 1. The van der Waals surface area contributed by atoms with Crippen molar-refractivity contribution in [3.63, 3.8) is 0 Å². The van der Waals surface area contributed by atoms with Crippen molar-refractivity contribution >= 4 is 23.4 Å². The molecule has 4 aromatic rings. The number of hydrogen-bond donors (Lipinski definition) is 3. The van der Waals surface area contributed by atoms with Gasteiger partial charge in [-0.1, -0.05) is 31.2 Å². The van der Waals surface area contributed by atoms with Gasteiger partial charge in [0.2, 0.25) is 5.95 Å². The van der Waals surface area contributed by atoms with Gasteiger partial charge in [0.1, 0.15) is 5.69 Å². The van der Waals surface area contributed by atoms with Crippen molar-refractivity contribution in [2.24, 2.45) is 0 Å². The molecule has 0 saturated carbocycles. The first kappa shape index (κ1) is 28.3. The lowest BCUT2D eigenvalue weighted by Crippen LogP contribution is -2.37. The van der Waals surface area contributed by atoms with Crippen molar-refractivity contribution in [1.82, 2.24) is 30.0 Å². The van der Waals surface area contributed by atoms with Gasteiger partial charge < -0.3 is 20.7 Å². The number of amides is 2. The number of anilines is 3. The lowest BCUT2D eigenvalue weighted by Gasteiger charge is -2.26. The number of nitrogens with zero attached hydrogens (tertiary/aromatic N) is 5. The first-order chi connectivity index (χ1) is 20.1. The monoisotopic (exact) mass is 554 g/mol. The van der Waals surface area contributed by atoms with E-state index in [1.54, 1.807) is 6.20 Å². The van der Waals surface area contributed by atoms with Crippen LogP contribution in [0, 0.1) is 0 Å². The molecule has 1 aliphatic rings. The topological polar surface area (TPSA) is 109 Å². The first-order valence-corrected chi connectivity index (χ1v) is 14.3. The van der Waals surface area contributed by atoms with Crippen molar-refractivity contribution in [3.8, 4) is 22.5 Å². The summed E-state index contributed by atoms with van der Waals surface area (Å²) in [6.45, 7) is 10.1. The largest absolute Gasteiger partial charge is 0.379 e. The highest BCUT2D eigenvalue weighted by Gasteiger charge is 2.16. The van der Waals surface area contributed by atoms with Crippen LogP contribution >= 0.6 is 0 Å². The quantitative estimate of drug-likeness (QED) is 0.234. The molecule has 2 amide bonds. The van der Waals surface area contributed by atoms with Crippen LogP contribution in [0.3, 0.4) is 0 Å². The third kappa shape index (κ3) is 7.68. The van der Waals surface area contributed by atoms with Crippen LogP contribution in [0.5, 0.6) is 0 Å². The summed E-state index contributed by atoms with van der Waals surface area (Å²) in [5.41, 5.74) is 6.40. The molecule has 0 radical (unpaired) electrons. The van der Waals surface area contributed by atoms with E-state index in [9.17, 15) is 4.79 Å². The highest BCUT2D eigenvalue weighted by atomic mass is 16.5. The lowest BCUT2D eigenvalue weighted by atomic mass is 10.1. The maximum atomic E-state index is 12.0. The molecule has 2 aromatic heterocycles. The lowest BCUT2D eigenvalue weighted by molar-refractivity contribution is 0.0384. The van der Waals surface area contributed by atoms with Crippen LogP contribution in [-0.2, 0) is 17.7 Å². The van der Waals surface area contributed by atoms with Gasteiger partial charge in [-0.05, 0) is 55.7 Å². The average molecular weight is 555 g/mol. The van der Waals surface area contributed by atoms with E-state index in [1.807, 2.05) is 54.2 Å². The van der Waals surface area contributed by atoms with E-state index in [1.165, 1.54) is 5.56 Å². The Hall–Kier alpha value is -4.28. The number of hydrogen-bond acceptors (Lipinski definition) is 7. The number of morpholine rings is 1. The number of aromatic nitrogens is 4. The molecule has 5 rings (SSSR count). The Labute approximate surface area is 241 Å². The van der Waals surface area contributed by atoms with Crippen LogP contribution in [0.1, 0.15) is 25.8 Å². The van der Waals surface area contributed by atoms with Gasteiger partial charge >= 0.3 is 6.03 Å². The van der Waals surface area contributed by atoms with Crippen LogP contribution in [0.4, 0.5) is 22.1 Å². The molecule has 3 heterocycles. The van der Waals surface area contributed by atoms with Gasteiger partial charge in [-0.3, -0.25) is 9.58 Å². The SMILES string of the molecule is CCCNC(=O)Nc1ccc(-c2nn(CC)cc2-c2ccnc(Nc3cccc(CCN4CCOCC4)c3)n2)cc1. The Kier molecular flexibility index (Phi) is 9.56. The Balaban J connectivity index is 1.31. The molecular weight excluding hydrogens is 516 g/mol. The fourth-order valence-electron chi connectivity index (χ4n) is 4.72. The van der Waals surface area contributed by atoms with Crippen molar-refractivity contribution in [3.05, 3.63) is 72.6 Å². The van der Waals surface area contributed by atoms with Crippen LogP contribution in [0.15, 0.2) is 67.0 Å². The van der Waals surface area contributed by atoms with Gasteiger partial charge in [-0.25, -0.2) is 14.8 Å². The summed E-state index contributed by atoms with van der Waals surface area (Å²) in [6.07, 6.45) is 5.64. The molecule has 0 spiro atoms. The number of benzene rings is 2. The van der Waals surface area contributed by atoms with E-state index in [-0.39, 0.29) is 6.03 Å². The molecule has 2 aromatic carbocycles. The molecule has 0 bridgehead atoms. The normalized spacial score (nSPS) is 13.6. The zero-order chi connectivity index (χ0) is 28.4. The molecule has 0 unspecified atom stereocenters. The van der Waals surface area contributed by atoms with Crippen LogP contribution < -0.4 is 16.0 Å². The predicted molar refractivity (Wildman–Crippen MR) is 162 cm³/mol. The fourth-order valence-corrected chi connectivity index (χ4v) is 4.72. The van der Waals surface area contributed by atoms with E-state index in [0.717, 1.165) is 86.1 Å². The summed E-state index contributed by atoms with van der Waals surface area (Å²) in [7, 11) is 0. The molecule has 0 atom stereocenters. The average Bonchev–Trinajstić information content (AvgIpc) is 3.45. The van der Waals surface area contributed by atoms with Crippen molar-refractivity contribution in [2.75, 3.05) is 50.0 Å². The second kappa shape index (κ2) is 13.9. The minimum absolute atomic E-state index is 0.209. The second-order valence-corrected chi connectivity index (χ2v) is 10.0. The van der Waals surface area contributed by atoms with Crippen molar-refractivity contribution in [2.45, 2.75) is 33.2 Å². The standard InChI is InChI=1S/C31H38N8O2/c1-3-14-33-31(40)35-25-10-8-24(9-11-25)29-27(22-39(4-2)37-29)28-12-15-32-30(36-28)34-26-7-5-6-23(21-26)13-16-38-17-19-41-20-18-38/h5-12,15,21-22H,3-4,13-14,16-20H2,1-2H3,(H,32,34,36)(H2,33,35,40). The first-order valence-electron chi connectivity index (χ1n) is 14.3. The van der Waals surface area contributed by atoms with Crippen molar-refractivity contribution in [1.29, 1.82) is 0 Å². The molecule has 0 aliphatic carbocycles. The molecule has 3 N–H and O–H groups in total. The van der Waals surface area contributed by atoms with Gasteiger partial charge in [-0.15, -0.1) is 0 Å². The molecular formula is C31H38N8O2. The molecule has 214 valence electrons. The maximum absolute atomic E-state index is 12.0. The van der Waals surface area contributed by atoms with E-state index in [0.29, 0.717) is 12.5 Å². The zero-order valence-corrected chi connectivity index (χ0v) is 23.8. The van der Waals surface area contributed by atoms with Gasteiger partial charge in [-0.2, -0.15) is 5.10 Å². The number of urea groups is 1. The summed E-state index contributed by atoms with van der Waals surface area (Å²) >= 11 is 0. The van der Waals surface area contributed by atoms with Crippen LogP contribution in [-0.4, -0.2) is 70.1 Å². The third-order valence-corrected chi connectivity index (χ3v) is 6.97. The molecule has 1 fully saturated rings. The van der Waals surface area contributed by atoms with Gasteiger partial charge in [0, 0.05) is 67.6 Å². The second-order valence-electron chi connectivity index (χ2n) is 10.0.